The molecule has 1 aliphatic carbocycles. The fourth-order valence-corrected chi connectivity index (χ4v) is 8.58. The van der Waals surface area contributed by atoms with Crippen molar-refractivity contribution in [1.29, 1.82) is 0 Å². The number of hydrogen-bond acceptors (Lipinski definition) is 4. The van der Waals surface area contributed by atoms with Gasteiger partial charge in [0.25, 0.3) is 10.1 Å². The number of likely N-dealkylation sites (N-methyl/N-ethyl adjacent to an activating group) is 1. The van der Waals surface area contributed by atoms with Crippen molar-refractivity contribution in [2.24, 2.45) is 0 Å². The molecule has 3 aliphatic rings. The number of rotatable bonds is 10. The predicted molar refractivity (Wildman–Crippen MR) is 215 cm³/mol. The summed E-state index contributed by atoms with van der Waals surface area (Å²) in [6.45, 7) is 19.4. The number of anilines is 1. The molecule has 7 heteroatoms. The van der Waals surface area contributed by atoms with Gasteiger partial charge in [0.2, 0.25) is 5.69 Å². The molecule has 2 aliphatic heterocycles. The molecule has 274 valence electrons. The molecule has 0 amide bonds. The number of ether oxygens (including phenoxy) is 1. The Balaban J connectivity index is 1.45. The Morgan fingerprint density at radius 2 is 1.60 bits per heavy atom. The van der Waals surface area contributed by atoms with Crippen molar-refractivity contribution in [3.63, 3.8) is 0 Å². The SMILES string of the molecule is CCN1/C(=C/C=C2\CCCC(/C=C/C3=[N+](CCCS(=O)(=O)O)c4ccc(C(C)(C)C)cc4C3(C)C)=C2Oc2ccccc2)C(C)(C)c2ccccc21. The Morgan fingerprint density at radius 1 is 0.885 bits per heavy atom. The molecule has 6 nitrogen and oxygen atoms in total. The fourth-order valence-electron chi connectivity index (χ4n) is 8.09. The number of fused-ring (bicyclic) bond motifs is 2. The van der Waals surface area contributed by atoms with Gasteiger partial charge >= 0.3 is 0 Å². The number of para-hydroxylation sites is 2. The van der Waals surface area contributed by atoms with Crippen LogP contribution in [0.15, 0.2) is 120 Å². The van der Waals surface area contributed by atoms with Crippen LogP contribution in [0.5, 0.6) is 5.75 Å². The average Bonchev–Trinajstić information content (AvgIpc) is 3.44. The first-order valence-electron chi connectivity index (χ1n) is 18.7. The minimum absolute atomic E-state index is 0.0151. The molecular weight excluding hydrogens is 665 g/mol. The Kier molecular flexibility index (Phi) is 10.3. The zero-order chi connectivity index (χ0) is 37.5. The molecule has 3 aromatic carbocycles. The van der Waals surface area contributed by atoms with E-state index < -0.39 is 10.1 Å². The zero-order valence-corrected chi connectivity index (χ0v) is 33.0. The van der Waals surface area contributed by atoms with E-state index in [0.717, 1.165) is 54.3 Å². The summed E-state index contributed by atoms with van der Waals surface area (Å²) in [6, 6.07) is 25.4. The van der Waals surface area contributed by atoms with E-state index >= 15 is 0 Å². The fraction of sp³-hybridized carbons (Fsp3) is 0.400. The number of allylic oxidation sites excluding steroid dienone is 7. The molecule has 0 unspecified atom stereocenters. The number of benzene rings is 3. The quantitative estimate of drug-likeness (QED) is 0.167. The molecule has 0 fully saturated rings. The molecule has 0 saturated heterocycles. The van der Waals surface area contributed by atoms with Gasteiger partial charge in [0.1, 0.15) is 18.1 Å². The van der Waals surface area contributed by atoms with Crippen LogP contribution >= 0.6 is 0 Å². The maximum absolute atomic E-state index is 11.7. The molecule has 0 spiro atoms. The zero-order valence-electron chi connectivity index (χ0n) is 32.2. The van der Waals surface area contributed by atoms with E-state index in [-0.39, 0.29) is 22.0 Å². The first kappa shape index (κ1) is 37.6. The van der Waals surface area contributed by atoms with Gasteiger partial charge in [0, 0.05) is 47.5 Å². The van der Waals surface area contributed by atoms with Crippen LogP contribution < -0.4 is 9.64 Å². The van der Waals surface area contributed by atoms with Crippen molar-refractivity contribution >= 4 is 27.2 Å². The van der Waals surface area contributed by atoms with Gasteiger partial charge in [-0.15, -0.1) is 0 Å². The van der Waals surface area contributed by atoms with Gasteiger partial charge in [-0.05, 0) is 104 Å². The van der Waals surface area contributed by atoms with Crippen LogP contribution in [-0.4, -0.2) is 42.1 Å². The lowest BCUT2D eigenvalue weighted by atomic mass is 9.78. The van der Waals surface area contributed by atoms with Crippen molar-refractivity contribution in [3.8, 4) is 5.75 Å². The van der Waals surface area contributed by atoms with E-state index in [9.17, 15) is 13.0 Å². The van der Waals surface area contributed by atoms with Gasteiger partial charge in [-0.1, -0.05) is 83.2 Å². The maximum Gasteiger partial charge on any atom is 0.265 e. The minimum Gasteiger partial charge on any atom is -0.457 e. The van der Waals surface area contributed by atoms with Crippen LogP contribution in [0.2, 0.25) is 0 Å². The van der Waals surface area contributed by atoms with E-state index in [2.05, 4.69) is 132 Å². The highest BCUT2D eigenvalue weighted by Gasteiger charge is 2.45. The molecular formula is C45H55N2O4S+. The lowest BCUT2D eigenvalue weighted by molar-refractivity contribution is -0.437. The van der Waals surface area contributed by atoms with Crippen LogP contribution in [0.1, 0.15) is 97.8 Å². The van der Waals surface area contributed by atoms with E-state index in [1.807, 2.05) is 30.3 Å². The lowest BCUT2D eigenvalue weighted by Gasteiger charge is -2.26. The molecule has 6 rings (SSSR count). The van der Waals surface area contributed by atoms with Gasteiger partial charge < -0.3 is 9.64 Å². The van der Waals surface area contributed by atoms with E-state index in [1.165, 1.54) is 33.6 Å². The highest BCUT2D eigenvalue weighted by atomic mass is 32.2. The van der Waals surface area contributed by atoms with Crippen LogP contribution in [0.3, 0.4) is 0 Å². The molecule has 1 N–H and O–H groups in total. The molecule has 0 saturated carbocycles. The van der Waals surface area contributed by atoms with Gasteiger partial charge in [-0.25, -0.2) is 0 Å². The average molecular weight is 720 g/mol. The summed E-state index contributed by atoms with van der Waals surface area (Å²) in [4.78, 5) is 2.43. The third-order valence-electron chi connectivity index (χ3n) is 11.0. The second-order valence-corrected chi connectivity index (χ2v) is 17.9. The second kappa shape index (κ2) is 14.3. The topological polar surface area (TPSA) is 69.9 Å². The number of hydrogen-bond donors (Lipinski definition) is 1. The van der Waals surface area contributed by atoms with Gasteiger partial charge in [-0.2, -0.15) is 13.0 Å². The highest BCUT2D eigenvalue weighted by Crippen LogP contribution is 2.48. The Labute approximate surface area is 311 Å². The molecule has 52 heavy (non-hydrogen) atoms. The number of nitrogens with zero attached hydrogens (tertiary/aromatic N) is 2. The maximum atomic E-state index is 11.7. The Bertz CT molecular complexity index is 2110. The van der Waals surface area contributed by atoms with Crippen molar-refractivity contribution < 1.29 is 22.3 Å². The van der Waals surface area contributed by atoms with Crippen LogP contribution in [0, 0.1) is 0 Å². The third kappa shape index (κ3) is 7.49. The highest BCUT2D eigenvalue weighted by molar-refractivity contribution is 7.85. The van der Waals surface area contributed by atoms with Gasteiger partial charge in [0.05, 0.1) is 11.2 Å². The normalized spacial score (nSPS) is 20.0. The summed E-state index contributed by atoms with van der Waals surface area (Å²) in [6.07, 6.45) is 12.1. The summed E-state index contributed by atoms with van der Waals surface area (Å²) in [7, 11) is -4.07. The molecule has 0 radical (unpaired) electrons. The van der Waals surface area contributed by atoms with Crippen LogP contribution in [-0.2, 0) is 26.4 Å². The second-order valence-electron chi connectivity index (χ2n) is 16.4. The molecule has 3 aromatic rings. The molecule has 0 bridgehead atoms. The van der Waals surface area contributed by atoms with Crippen LogP contribution in [0.25, 0.3) is 0 Å². The summed E-state index contributed by atoms with van der Waals surface area (Å²) in [5.74, 6) is 1.41. The Morgan fingerprint density at radius 3 is 2.29 bits per heavy atom. The summed E-state index contributed by atoms with van der Waals surface area (Å²) >= 11 is 0. The van der Waals surface area contributed by atoms with E-state index in [4.69, 9.17) is 4.74 Å². The van der Waals surface area contributed by atoms with Gasteiger partial charge in [-0.3, -0.25) is 4.55 Å². The van der Waals surface area contributed by atoms with Crippen molar-refractivity contribution in [2.45, 2.75) is 97.3 Å². The lowest BCUT2D eigenvalue weighted by Crippen LogP contribution is -2.28. The molecule has 0 atom stereocenters. The van der Waals surface area contributed by atoms with Gasteiger partial charge in [0.15, 0.2) is 5.71 Å². The first-order valence-corrected chi connectivity index (χ1v) is 20.3. The summed E-state index contributed by atoms with van der Waals surface area (Å²) < 4.78 is 42.0. The summed E-state index contributed by atoms with van der Waals surface area (Å²) in [5.41, 5.74) is 10.4. The monoisotopic (exact) mass is 719 g/mol. The van der Waals surface area contributed by atoms with Crippen molar-refractivity contribution in [1.82, 2.24) is 0 Å². The van der Waals surface area contributed by atoms with E-state index in [1.54, 1.807) is 0 Å². The minimum atomic E-state index is -4.07. The third-order valence-corrected chi connectivity index (χ3v) is 11.8. The predicted octanol–water partition coefficient (Wildman–Crippen LogP) is 10.3. The Hall–Kier alpha value is -4.20. The largest absolute Gasteiger partial charge is 0.457 e. The first-order chi connectivity index (χ1) is 24.5. The van der Waals surface area contributed by atoms with E-state index in [0.29, 0.717) is 13.0 Å². The van der Waals surface area contributed by atoms with Crippen molar-refractivity contribution in [2.75, 3.05) is 23.7 Å². The molecule has 2 heterocycles. The summed E-state index contributed by atoms with van der Waals surface area (Å²) in [5, 5.41) is 0. The standard InChI is InChI=1S/C45H54N2O4S/c1-9-46-38-22-14-13-21-36(38)44(5,6)40(46)27-23-32-17-15-18-33(42(32)51-35-19-11-10-12-20-35)24-28-41-45(7,8)37-31-34(43(2,3)4)25-26-39(37)47(41)29-16-30-52(48,49)50/h10-14,19-28,31H,9,15-18,29-30H2,1-8H3/p+1. The van der Waals surface area contributed by atoms with Crippen LogP contribution in [0.4, 0.5) is 11.4 Å². The van der Waals surface area contributed by atoms with Crippen molar-refractivity contribution in [3.05, 3.63) is 136 Å². The smallest absolute Gasteiger partial charge is 0.265 e. The molecule has 0 aromatic heterocycles.